The third-order valence-corrected chi connectivity index (χ3v) is 4.59. The molecule has 0 spiro atoms. The molecule has 1 N–H and O–H groups in total. The summed E-state index contributed by atoms with van der Waals surface area (Å²) in [6.45, 7) is 2.80. The van der Waals surface area contributed by atoms with Crippen LogP contribution in [0, 0.1) is 12.8 Å². The van der Waals surface area contributed by atoms with Crippen LogP contribution in [0.5, 0.6) is 0 Å². The maximum Gasteiger partial charge on any atom is 0.239 e. The molecule has 1 aliphatic rings. The van der Waals surface area contributed by atoms with Crippen LogP contribution in [-0.2, 0) is 16.1 Å². The molecule has 2 heterocycles. The highest BCUT2D eigenvalue weighted by Gasteiger charge is 2.37. The van der Waals surface area contributed by atoms with Gasteiger partial charge < -0.3 is 10.2 Å². The Morgan fingerprint density at radius 1 is 1.42 bits per heavy atom. The Balaban J connectivity index is 1.65. The van der Waals surface area contributed by atoms with Gasteiger partial charge in [0.25, 0.3) is 0 Å². The molecule has 1 aromatic carbocycles. The zero-order chi connectivity index (χ0) is 17.1. The molecule has 2 aromatic rings. The normalized spacial score (nSPS) is 17.2. The number of amides is 2. The fourth-order valence-electron chi connectivity index (χ4n) is 2.79. The Bertz CT molecular complexity index is 764. The molecule has 0 saturated carbocycles. The largest absolute Gasteiger partial charge is 0.351 e. The lowest BCUT2D eigenvalue weighted by molar-refractivity contribution is -0.132. The van der Waals surface area contributed by atoms with E-state index in [0.717, 1.165) is 16.8 Å². The van der Waals surface area contributed by atoms with Crippen LogP contribution in [0.25, 0.3) is 0 Å². The molecule has 124 valence electrons. The summed E-state index contributed by atoms with van der Waals surface area (Å²) in [4.78, 5) is 30.6. The van der Waals surface area contributed by atoms with Crippen molar-refractivity contribution >= 4 is 29.1 Å². The molecule has 3 rings (SSSR count). The van der Waals surface area contributed by atoms with E-state index in [1.165, 1.54) is 0 Å². The van der Waals surface area contributed by atoms with Gasteiger partial charge in [-0.05, 0) is 48.7 Å². The zero-order valence-corrected chi connectivity index (χ0v) is 14.1. The Labute approximate surface area is 145 Å². The molecule has 1 unspecified atom stereocenters. The molecule has 24 heavy (non-hydrogen) atoms. The number of anilines is 1. The minimum absolute atomic E-state index is 0.166. The van der Waals surface area contributed by atoms with Crippen LogP contribution >= 0.6 is 11.6 Å². The second-order valence-corrected chi connectivity index (χ2v) is 6.25. The Kier molecular flexibility index (Phi) is 4.81. The van der Waals surface area contributed by atoms with Crippen molar-refractivity contribution < 1.29 is 9.59 Å². The van der Waals surface area contributed by atoms with Crippen molar-refractivity contribution in [1.29, 1.82) is 0 Å². The minimum atomic E-state index is -0.641. The first-order chi connectivity index (χ1) is 11.6. The molecule has 1 aromatic heterocycles. The Morgan fingerprint density at radius 3 is 2.96 bits per heavy atom. The molecular weight excluding hydrogens is 326 g/mol. The van der Waals surface area contributed by atoms with E-state index < -0.39 is 5.92 Å². The van der Waals surface area contributed by atoms with Crippen LogP contribution in [0.3, 0.4) is 0 Å². The summed E-state index contributed by atoms with van der Waals surface area (Å²) in [6, 6.07) is 9.15. The number of pyridine rings is 1. The quantitative estimate of drug-likeness (QED) is 0.868. The van der Waals surface area contributed by atoms with Crippen LogP contribution < -0.4 is 10.2 Å². The maximum absolute atomic E-state index is 12.6. The van der Waals surface area contributed by atoms with Crippen molar-refractivity contribution in [3.8, 4) is 0 Å². The van der Waals surface area contributed by atoms with E-state index in [2.05, 4.69) is 10.3 Å². The number of aromatic nitrogens is 1. The highest BCUT2D eigenvalue weighted by Crippen LogP contribution is 2.28. The predicted molar refractivity (Wildman–Crippen MR) is 92.7 cm³/mol. The molecule has 5 nitrogen and oxygen atoms in total. The number of benzene rings is 1. The van der Waals surface area contributed by atoms with Gasteiger partial charge in [0, 0.05) is 36.2 Å². The molecule has 0 aliphatic carbocycles. The molecule has 2 amide bonds. The average Bonchev–Trinajstić information content (AvgIpc) is 2.98. The Morgan fingerprint density at radius 2 is 2.25 bits per heavy atom. The maximum atomic E-state index is 12.6. The zero-order valence-electron chi connectivity index (χ0n) is 13.3. The van der Waals surface area contributed by atoms with Crippen LogP contribution in [0.15, 0.2) is 42.7 Å². The van der Waals surface area contributed by atoms with Crippen LogP contribution in [-0.4, -0.2) is 23.3 Å². The smallest absolute Gasteiger partial charge is 0.239 e. The van der Waals surface area contributed by atoms with E-state index in [1.54, 1.807) is 23.4 Å². The molecule has 0 bridgehead atoms. The van der Waals surface area contributed by atoms with Gasteiger partial charge in [-0.1, -0.05) is 17.7 Å². The van der Waals surface area contributed by atoms with Crippen LogP contribution in [0.2, 0.25) is 5.02 Å². The van der Waals surface area contributed by atoms with Gasteiger partial charge in [-0.25, -0.2) is 0 Å². The molecular formula is C18H18ClN3O2. The van der Waals surface area contributed by atoms with Gasteiger partial charge in [0.2, 0.25) is 11.8 Å². The van der Waals surface area contributed by atoms with Gasteiger partial charge in [0.15, 0.2) is 0 Å². The lowest BCUT2D eigenvalue weighted by Gasteiger charge is -2.17. The summed E-state index contributed by atoms with van der Waals surface area (Å²) in [5.74, 6) is -1.05. The standard InChI is InChI=1S/C18H18ClN3O2/c1-12-9-14(4-5-16(12)19)22-8-6-15(18(22)24)17(23)21-11-13-3-2-7-20-10-13/h2-5,7,9-10,15H,6,8,11H2,1H3,(H,21,23). The molecule has 6 heteroatoms. The first kappa shape index (κ1) is 16.5. The monoisotopic (exact) mass is 343 g/mol. The average molecular weight is 344 g/mol. The van der Waals surface area contributed by atoms with Gasteiger partial charge in [0.05, 0.1) is 0 Å². The minimum Gasteiger partial charge on any atom is -0.351 e. The van der Waals surface area contributed by atoms with Crippen molar-refractivity contribution in [3.63, 3.8) is 0 Å². The van der Waals surface area contributed by atoms with Crippen molar-refractivity contribution in [1.82, 2.24) is 10.3 Å². The van der Waals surface area contributed by atoms with E-state index in [-0.39, 0.29) is 11.8 Å². The second kappa shape index (κ2) is 7.01. The van der Waals surface area contributed by atoms with Crippen molar-refractivity contribution in [3.05, 3.63) is 58.9 Å². The second-order valence-electron chi connectivity index (χ2n) is 5.84. The fraction of sp³-hybridized carbons (Fsp3) is 0.278. The number of aryl methyl sites for hydroxylation is 1. The van der Waals surface area contributed by atoms with Gasteiger partial charge in [-0.15, -0.1) is 0 Å². The van der Waals surface area contributed by atoms with E-state index in [9.17, 15) is 9.59 Å². The van der Waals surface area contributed by atoms with E-state index in [0.29, 0.717) is 24.5 Å². The number of carbonyl (C=O) groups excluding carboxylic acids is 2. The van der Waals surface area contributed by atoms with Gasteiger partial charge >= 0.3 is 0 Å². The van der Waals surface area contributed by atoms with Gasteiger partial charge in [0.1, 0.15) is 5.92 Å². The summed E-state index contributed by atoms with van der Waals surface area (Å²) in [6.07, 6.45) is 3.89. The molecule has 1 fully saturated rings. The summed E-state index contributed by atoms with van der Waals surface area (Å²) < 4.78 is 0. The van der Waals surface area contributed by atoms with Crippen molar-refractivity contribution in [2.24, 2.45) is 5.92 Å². The lowest BCUT2D eigenvalue weighted by Crippen LogP contribution is -2.36. The van der Waals surface area contributed by atoms with E-state index >= 15 is 0 Å². The lowest BCUT2D eigenvalue weighted by atomic mass is 10.1. The first-order valence-electron chi connectivity index (χ1n) is 7.80. The van der Waals surface area contributed by atoms with Crippen molar-refractivity contribution in [2.75, 3.05) is 11.4 Å². The number of hydrogen-bond acceptors (Lipinski definition) is 3. The molecule has 1 aliphatic heterocycles. The summed E-state index contributed by atoms with van der Waals surface area (Å²) in [5.41, 5.74) is 2.59. The SMILES string of the molecule is Cc1cc(N2CCC(C(=O)NCc3cccnc3)C2=O)ccc1Cl. The highest BCUT2D eigenvalue weighted by molar-refractivity contribution is 6.31. The number of hydrogen-bond donors (Lipinski definition) is 1. The fourth-order valence-corrected chi connectivity index (χ4v) is 2.91. The Hall–Kier alpha value is -2.40. The topological polar surface area (TPSA) is 62.3 Å². The summed E-state index contributed by atoms with van der Waals surface area (Å²) in [7, 11) is 0. The number of halogens is 1. The first-order valence-corrected chi connectivity index (χ1v) is 8.18. The van der Waals surface area contributed by atoms with Gasteiger partial charge in [-0.3, -0.25) is 14.6 Å². The third kappa shape index (κ3) is 3.41. The number of nitrogens with one attached hydrogen (secondary N) is 1. The molecule has 1 atom stereocenters. The van der Waals surface area contributed by atoms with Crippen LogP contribution in [0.4, 0.5) is 5.69 Å². The predicted octanol–water partition coefficient (Wildman–Crippen LogP) is 2.71. The number of rotatable bonds is 4. The molecule has 0 radical (unpaired) electrons. The number of carbonyl (C=O) groups is 2. The van der Waals surface area contributed by atoms with Crippen molar-refractivity contribution in [2.45, 2.75) is 19.9 Å². The highest BCUT2D eigenvalue weighted by atomic mass is 35.5. The van der Waals surface area contributed by atoms with Gasteiger partial charge in [-0.2, -0.15) is 0 Å². The number of nitrogens with zero attached hydrogens (tertiary/aromatic N) is 2. The summed E-state index contributed by atoms with van der Waals surface area (Å²) >= 11 is 6.03. The molecule has 1 saturated heterocycles. The van der Waals surface area contributed by atoms with Crippen LogP contribution in [0.1, 0.15) is 17.5 Å². The van der Waals surface area contributed by atoms with E-state index in [4.69, 9.17) is 11.6 Å². The summed E-state index contributed by atoms with van der Waals surface area (Å²) in [5, 5.41) is 3.48. The van der Waals surface area contributed by atoms with E-state index in [1.807, 2.05) is 31.2 Å². The third-order valence-electron chi connectivity index (χ3n) is 4.16.